The van der Waals surface area contributed by atoms with E-state index in [4.69, 9.17) is 9.47 Å². The first-order valence-corrected chi connectivity index (χ1v) is 12.4. The fourth-order valence-electron chi connectivity index (χ4n) is 3.93. The third kappa shape index (κ3) is 6.16. The van der Waals surface area contributed by atoms with E-state index in [2.05, 4.69) is 15.7 Å². The van der Waals surface area contributed by atoms with Crippen molar-refractivity contribution in [3.8, 4) is 22.9 Å². The number of anilines is 2. The Morgan fingerprint density at radius 1 is 0.900 bits per heavy atom. The van der Waals surface area contributed by atoms with Crippen molar-refractivity contribution in [2.75, 3.05) is 12.4 Å². The number of carbonyl (C=O) groups excluding carboxylic acids is 1. The number of nitrogens with zero attached hydrogens (tertiary/aromatic N) is 2. The maximum absolute atomic E-state index is 13.6. The number of ether oxygens (including phenoxy) is 2. The van der Waals surface area contributed by atoms with Crippen molar-refractivity contribution in [3.63, 3.8) is 0 Å². The molecule has 4 aromatic carbocycles. The van der Waals surface area contributed by atoms with Crippen molar-refractivity contribution in [1.29, 1.82) is 0 Å². The smallest absolute Gasteiger partial charge is 0.299 e. The van der Waals surface area contributed by atoms with E-state index < -0.39 is 11.4 Å². The minimum absolute atomic E-state index is 0.0805. The lowest BCUT2D eigenvalue weighted by Gasteiger charge is -2.15. The van der Waals surface area contributed by atoms with Crippen LogP contribution < -0.4 is 25.7 Å². The minimum Gasteiger partial charge on any atom is -0.497 e. The molecule has 0 aliphatic heterocycles. The number of nitrogens with one attached hydrogen (secondary N) is 2. The van der Waals surface area contributed by atoms with Crippen LogP contribution in [0, 0.1) is 5.82 Å². The zero-order valence-electron chi connectivity index (χ0n) is 21.5. The third-order valence-corrected chi connectivity index (χ3v) is 5.99. The Balaban J connectivity index is 1.46. The molecule has 8 nitrogen and oxygen atoms in total. The Kier molecular flexibility index (Phi) is 7.82. The Labute approximate surface area is 229 Å². The monoisotopic (exact) mass is 536 g/mol. The van der Waals surface area contributed by atoms with E-state index in [1.807, 2.05) is 30.3 Å². The van der Waals surface area contributed by atoms with Crippen LogP contribution in [0.25, 0.3) is 5.69 Å². The van der Waals surface area contributed by atoms with Gasteiger partial charge in [0.15, 0.2) is 11.4 Å². The summed E-state index contributed by atoms with van der Waals surface area (Å²) in [6, 6.07) is 28.6. The van der Waals surface area contributed by atoms with E-state index >= 15 is 0 Å². The van der Waals surface area contributed by atoms with Crippen LogP contribution in [-0.2, 0) is 6.54 Å². The maximum atomic E-state index is 13.6. The van der Waals surface area contributed by atoms with Gasteiger partial charge in [-0.2, -0.15) is 9.78 Å². The van der Waals surface area contributed by atoms with Crippen molar-refractivity contribution in [2.24, 2.45) is 0 Å². The molecule has 200 valence electrons. The van der Waals surface area contributed by atoms with Crippen LogP contribution in [0.4, 0.5) is 15.8 Å². The zero-order chi connectivity index (χ0) is 27.9. The average molecular weight is 537 g/mol. The second-order valence-corrected chi connectivity index (χ2v) is 8.73. The van der Waals surface area contributed by atoms with E-state index in [0.29, 0.717) is 35.0 Å². The number of benzene rings is 4. The SMILES string of the molecule is COc1ccc(Oc2cnn(-c3ccc(F)cc3)c(=O)c2Nc2cccc(C(=O)NCc3ccccc3)c2)cc1. The highest BCUT2D eigenvalue weighted by molar-refractivity contribution is 5.95. The van der Waals surface area contributed by atoms with Crippen LogP contribution in [0.3, 0.4) is 0 Å². The molecule has 1 aromatic heterocycles. The molecule has 0 fully saturated rings. The van der Waals surface area contributed by atoms with Crippen molar-refractivity contribution in [3.05, 3.63) is 137 Å². The number of aromatic nitrogens is 2. The van der Waals surface area contributed by atoms with Gasteiger partial charge >= 0.3 is 0 Å². The molecule has 0 aliphatic carbocycles. The molecule has 0 radical (unpaired) electrons. The van der Waals surface area contributed by atoms with Crippen LogP contribution in [0.5, 0.6) is 17.2 Å². The summed E-state index contributed by atoms with van der Waals surface area (Å²) in [6.07, 6.45) is 1.40. The third-order valence-electron chi connectivity index (χ3n) is 5.99. The Bertz CT molecular complexity index is 1670. The summed E-state index contributed by atoms with van der Waals surface area (Å²) in [5.74, 6) is 0.571. The van der Waals surface area contributed by atoms with Gasteiger partial charge in [-0.1, -0.05) is 36.4 Å². The quantitative estimate of drug-likeness (QED) is 0.246. The van der Waals surface area contributed by atoms with Gasteiger partial charge in [0.1, 0.15) is 17.3 Å². The molecule has 0 unspecified atom stereocenters. The summed E-state index contributed by atoms with van der Waals surface area (Å²) in [6.45, 7) is 0.379. The normalized spacial score (nSPS) is 10.6. The van der Waals surface area contributed by atoms with Gasteiger partial charge in [-0.15, -0.1) is 0 Å². The Morgan fingerprint density at radius 3 is 2.35 bits per heavy atom. The predicted octanol–water partition coefficient (Wildman–Crippen LogP) is 5.85. The second-order valence-electron chi connectivity index (χ2n) is 8.73. The van der Waals surface area contributed by atoms with Gasteiger partial charge in [0.05, 0.1) is 19.0 Å². The largest absolute Gasteiger partial charge is 0.497 e. The number of methoxy groups -OCH3 is 1. The summed E-state index contributed by atoms with van der Waals surface area (Å²) in [7, 11) is 1.56. The lowest BCUT2D eigenvalue weighted by atomic mass is 10.1. The molecular weight excluding hydrogens is 511 g/mol. The fraction of sp³-hybridized carbons (Fsp3) is 0.0645. The molecule has 0 spiro atoms. The van der Waals surface area contributed by atoms with E-state index in [0.717, 1.165) is 10.2 Å². The van der Waals surface area contributed by atoms with Crippen molar-refractivity contribution in [2.45, 2.75) is 6.54 Å². The van der Waals surface area contributed by atoms with Crippen molar-refractivity contribution < 1.29 is 18.7 Å². The molecule has 40 heavy (non-hydrogen) atoms. The summed E-state index contributed by atoms with van der Waals surface area (Å²) in [4.78, 5) is 26.4. The molecule has 9 heteroatoms. The number of halogens is 1. The molecule has 0 aliphatic rings. The van der Waals surface area contributed by atoms with Gasteiger partial charge < -0.3 is 20.1 Å². The van der Waals surface area contributed by atoms with E-state index in [-0.39, 0.29) is 17.3 Å². The van der Waals surface area contributed by atoms with Gasteiger partial charge in [0.25, 0.3) is 11.5 Å². The molecule has 5 rings (SSSR count). The Morgan fingerprint density at radius 2 is 1.62 bits per heavy atom. The van der Waals surface area contributed by atoms with E-state index in [1.165, 1.54) is 30.5 Å². The van der Waals surface area contributed by atoms with Gasteiger partial charge in [-0.05, 0) is 72.3 Å². The number of hydrogen-bond acceptors (Lipinski definition) is 6. The molecule has 0 saturated heterocycles. The number of carbonyl (C=O) groups is 1. The highest BCUT2D eigenvalue weighted by Gasteiger charge is 2.16. The second kappa shape index (κ2) is 12.0. The first kappa shape index (κ1) is 26.2. The minimum atomic E-state index is -0.531. The zero-order valence-corrected chi connectivity index (χ0v) is 21.5. The molecule has 2 N–H and O–H groups in total. The summed E-state index contributed by atoms with van der Waals surface area (Å²) in [5.41, 5.74) is 1.80. The lowest BCUT2D eigenvalue weighted by molar-refractivity contribution is 0.0951. The lowest BCUT2D eigenvalue weighted by Crippen LogP contribution is -2.24. The van der Waals surface area contributed by atoms with Gasteiger partial charge in [-0.3, -0.25) is 9.59 Å². The first-order valence-electron chi connectivity index (χ1n) is 12.4. The average Bonchev–Trinajstić information content (AvgIpc) is 2.99. The summed E-state index contributed by atoms with van der Waals surface area (Å²) in [5, 5.41) is 10.2. The van der Waals surface area contributed by atoms with Crippen LogP contribution in [-0.4, -0.2) is 22.8 Å². The van der Waals surface area contributed by atoms with E-state index in [1.54, 1.807) is 55.6 Å². The predicted molar refractivity (Wildman–Crippen MR) is 150 cm³/mol. The molecule has 0 bridgehead atoms. The topological polar surface area (TPSA) is 94.5 Å². The van der Waals surface area contributed by atoms with Gasteiger partial charge in [0, 0.05) is 17.8 Å². The molecule has 5 aromatic rings. The number of hydrogen-bond donors (Lipinski definition) is 2. The van der Waals surface area contributed by atoms with Crippen LogP contribution in [0.15, 0.2) is 114 Å². The van der Waals surface area contributed by atoms with Gasteiger partial charge in [-0.25, -0.2) is 4.39 Å². The van der Waals surface area contributed by atoms with Gasteiger partial charge in [0.2, 0.25) is 0 Å². The van der Waals surface area contributed by atoms with Crippen LogP contribution in [0.2, 0.25) is 0 Å². The summed E-state index contributed by atoms with van der Waals surface area (Å²) >= 11 is 0. The molecule has 1 amide bonds. The standard InChI is InChI=1S/C31H25FN4O4/c1-39-26-14-16-27(17-15-26)40-28-20-34-36(25-12-10-23(32)11-13-25)31(38)29(28)35-24-9-5-8-22(18-24)30(37)33-19-21-6-3-2-4-7-21/h2-18,20,35H,19H2,1H3,(H,33,37). The Hall–Kier alpha value is -5.44. The number of amides is 1. The maximum Gasteiger partial charge on any atom is 0.299 e. The van der Waals surface area contributed by atoms with Crippen molar-refractivity contribution >= 4 is 17.3 Å². The molecule has 0 atom stereocenters. The van der Waals surface area contributed by atoms with Crippen LogP contribution >= 0.6 is 0 Å². The molecule has 0 saturated carbocycles. The highest BCUT2D eigenvalue weighted by Crippen LogP contribution is 2.30. The molecular formula is C31H25FN4O4. The van der Waals surface area contributed by atoms with E-state index in [9.17, 15) is 14.0 Å². The number of rotatable bonds is 9. The van der Waals surface area contributed by atoms with Crippen molar-refractivity contribution in [1.82, 2.24) is 15.1 Å². The molecule has 1 heterocycles. The summed E-state index contributed by atoms with van der Waals surface area (Å²) < 4.78 is 25.8. The fourth-order valence-corrected chi connectivity index (χ4v) is 3.93. The van der Waals surface area contributed by atoms with Crippen LogP contribution in [0.1, 0.15) is 15.9 Å². The first-order chi connectivity index (χ1) is 19.5. The highest BCUT2D eigenvalue weighted by atomic mass is 19.1.